The van der Waals surface area contributed by atoms with E-state index in [-0.39, 0.29) is 0 Å². The van der Waals surface area contributed by atoms with Gasteiger partial charge >= 0.3 is 0 Å². The molecule has 0 atom stereocenters. The first-order valence-electron chi connectivity index (χ1n) is 6.24. The van der Waals surface area contributed by atoms with Gasteiger partial charge in [0.15, 0.2) is 0 Å². The normalized spacial score (nSPS) is 18.3. The summed E-state index contributed by atoms with van der Waals surface area (Å²) in [6.45, 7) is 5.06. The van der Waals surface area contributed by atoms with Gasteiger partial charge in [0.05, 0.1) is 8.07 Å². The lowest BCUT2D eigenvalue weighted by Crippen LogP contribution is -2.42. The minimum atomic E-state index is -1.14. The van der Waals surface area contributed by atoms with Gasteiger partial charge in [-0.15, -0.1) is 0 Å². The molecule has 0 radical (unpaired) electrons. The highest BCUT2D eigenvalue weighted by atomic mass is 28.3. The molecule has 1 aromatic rings. The van der Waals surface area contributed by atoms with Gasteiger partial charge in [-0.1, -0.05) is 80.3 Å². The summed E-state index contributed by atoms with van der Waals surface area (Å²) in [6, 6.07) is 12.7. The summed E-state index contributed by atoms with van der Waals surface area (Å²) in [4.78, 5) is 0. The van der Waals surface area contributed by atoms with Crippen LogP contribution in [0.3, 0.4) is 0 Å². The van der Waals surface area contributed by atoms with Crippen molar-refractivity contribution in [3.8, 4) is 0 Å². The van der Waals surface area contributed by atoms with E-state index in [1.54, 1.807) is 5.19 Å². The topological polar surface area (TPSA) is 0 Å². The maximum absolute atomic E-state index is 2.53. The molecule has 0 saturated heterocycles. The van der Waals surface area contributed by atoms with Crippen LogP contribution < -0.4 is 5.19 Å². The monoisotopic (exact) mass is 218 g/mol. The number of hydrogen-bond donors (Lipinski definition) is 0. The fraction of sp³-hybridized carbons (Fsp3) is 0.571. The fourth-order valence-corrected chi connectivity index (χ4v) is 6.13. The van der Waals surface area contributed by atoms with Gasteiger partial charge in [-0.3, -0.25) is 0 Å². The Balaban J connectivity index is 2.05. The van der Waals surface area contributed by atoms with E-state index in [0.717, 1.165) is 5.92 Å². The van der Waals surface area contributed by atoms with Crippen molar-refractivity contribution in [3.63, 3.8) is 0 Å². The predicted octanol–water partition coefficient (Wildman–Crippen LogP) is 3.79. The molecule has 0 aromatic heterocycles. The van der Waals surface area contributed by atoms with Gasteiger partial charge in [0.1, 0.15) is 0 Å². The first-order chi connectivity index (χ1) is 7.18. The third kappa shape index (κ3) is 2.72. The third-order valence-electron chi connectivity index (χ3n) is 3.83. The van der Waals surface area contributed by atoms with Crippen LogP contribution in [-0.4, -0.2) is 8.07 Å². The Morgan fingerprint density at radius 3 is 2.27 bits per heavy atom. The van der Waals surface area contributed by atoms with E-state index < -0.39 is 8.07 Å². The van der Waals surface area contributed by atoms with Crippen molar-refractivity contribution in [1.82, 2.24) is 0 Å². The Morgan fingerprint density at radius 1 is 1.07 bits per heavy atom. The van der Waals surface area contributed by atoms with Gasteiger partial charge in [0.2, 0.25) is 0 Å². The van der Waals surface area contributed by atoms with Crippen molar-refractivity contribution < 1.29 is 0 Å². The van der Waals surface area contributed by atoms with Crippen LogP contribution in [0.5, 0.6) is 0 Å². The minimum absolute atomic E-state index is 1.03. The van der Waals surface area contributed by atoms with Crippen LogP contribution >= 0.6 is 0 Å². The van der Waals surface area contributed by atoms with Gasteiger partial charge in [0.25, 0.3) is 0 Å². The van der Waals surface area contributed by atoms with Crippen LogP contribution in [0.2, 0.25) is 19.1 Å². The molecule has 82 valence electrons. The van der Waals surface area contributed by atoms with Gasteiger partial charge in [-0.05, 0) is 5.92 Å². The summed E-state index contributed by atoms with van der Waals surface area (Å²) >= 11 is 0. The standard InChI is InChI=1S/C14H22Si/c1-15(2,12-13-8-6-7-9-13)14-10-4-3-5-11-14/h3-5,10-11,13H,6-9,12H2,1-2H3. The molecule has 0 heterocycles. The Bertz CT molecular complexity index is 296. The minimum Gasteiger partial charge on any atom is -0.0654 e. The first-order valence-corrected chi connectivity index (χ1v) is 9.45. The summed E-state index contributed by atoms with van der Waals surface area (Å²) in [5.41, 5.74) is 0. The molecule has 1 heteroatoms. The molecule has 15 heavy (non-hydrogen) atoms. The van der Waals surface area contributed by atoms with Crippen LogP contribution in [0.15, 0.2) is 30.3 Å². The highest BCUT2D eigenvalue weighted by Crippen LogP contribution is 2.31. The van der Waals surface area contributed by atoms with Crippen molar-refractivity contribution in [2.45, 2.75) is 44.8 Å². The van der Waals surface area contributed by atoms with Gasteiger partial charge in [-0.25, -0.2) is 0 Å². The van der Waals surface area contributed by atoms with Crippen molar-refractivity contribution in [2.75, 3.05) is 0 Å². The van der Waals surface area contributed by atoms with Gasteiger partial charge in [-0.2, -0.15) is 0 Å². The molecule has 0 spiro atoms. The second-order valence-electron chi connectivity index (χ2n) is 5.60. The molecule has 1 saturated carbocycles. The van der Waals surface area contributed by atoms with E-state index in [4.69, 9.17) is 0 Å². The Kier molecular flexibility index (Phi) is 3.30. The molecule has 1 fully saturated rings. The zero-order valence-corrected chi connectivity index (χ0v) is 11.0. The number of benzene rings is 1. The average molecular weight is 218 g/mol. The highest BCUT2D eigenvalue weighted by molar-refractivity contribution is 6.89. The molecule has 2 rings (SSSR count). The van der Waals surface area contributed by atoms with Crippen LogP contribution in [0, 0.1) is 5.92 Å². The third-order valence-corrected chi connectivity index (χ3v) is 7.32. The van der Waals surface area contributed by atoms with Crippen LogP contribution in [0.1, 0.15) is 25.7 Å². The maximum Gasteiger partial charge on any atom is 0.0809 e. The molecular weight excluding hydrogens is 196 g/mol. The quantitative estimate of drug-likeness (QED) is 0.677. The molecule has 1 aromatic carbocycles. The molecule has 0 bridgehead atoms. The van der Waals surface area contributed by atoms with E-state index in [2.05, 4.69) is 43.4 Å². The molecule has 0 N–H and O–H groups in total. The Labute approximate surface area is 94.7 Å². The zero-order chi connectivity index (χ0) is 10.7. The SMILES string of the molecule is C[Si](C)(CC1CCCC1)c1ccccc1. The summed E-state index contributed by atoms with van der Waals surface area (Å²) < 4.78 is 0. The summed E-state index contributed by atoms with van der Waals surface area (Å²) in [6.07, 6.45) is 5.93. The lowest BCUT2D eigenvalue weighted by molar-refractivity contribution is 0.603. The molecule has 1 aliphatic rings. The predicted molar refractivity (Wildman–Crippen MR) is 70.3 cm³/mol. The maximum atomic E-state index is 2.53. The lowest BCUT2D eigenvalue weighted by atomic mass is 10.1. The van der Waals surface area contributed by atoms with E-state index in [1.807, 2.05) is 0 Å². The lowest BCUT2D eigenvalue weighted by Gasteiger charge is -2.26. The average Bonchev–Trinajstić information content (AvgIpc) is 2.71. The molecule has 0 nitrogen and oxygen atoms in total. The van der Waals surface area contributed by atoms with Crippen molar-refractivity contribution >= 4 is 13.3 Å². The smallest absolute Gasteiger partial charge is 0.0654 e. The summed E-state index contributed by atoms with van der Waals surface area (Å²) in [5, 5.41) is 1.64. The Morgan fingerprint density at radius 2 is 1.67 bits per heavy atom. The first kappa shape index (κ1) is 10.9. The molecule has 1 aliphatic carbocycles. The van der Waals surface area contributed by atoms with Crippen LogP contribution in [0.25, 0.3) is 0 Å². The second kappa shape index (κ2) is 4.52. The number of hydrogen-bond acceptors (Lipinski definition) is 0. The Hall–Kier alpha value is -0.563. The molecule has 0 aliphatic heterocycles. The van der Waals surface area contributed by atoms with E-state index in [0.29, 0.717) is 0 Å². The largest absolute Gasteiger partial charge is 0.0809 e. The molecule has 0 unspecified atom stereocenters. The fourth-order valence-electron chi connectivity index (χ4n) is 2.94. The highest BCUT2D eigenvalue weighted by Gasteiger charge is 2.28. The number of rotatable bonds is 3. The van der Waals surface area contributed by atoms with Crippen LogP contribution in [-0.2, 0) is 0 Å². The van der Waals surface area contributed by atoms with Crippen molar-refractivity contribution in [3.05, 3.63) is 30.3 Å². The van der Waals surface area contributed by atoms with Crippen LogP contribution in [0.4, 0.5) is 0 Å². The second-order valence-corrected chi connectivity index (χ2v) is 10.4. The zero-order valence-electron chi connectivity index (χ0n) is 10.00. The van der Waals surface area contributed by atoms with E-state index in [9.17, 15) is 0 Å². The van der Waals surface area contributed by atoms with Gasteiger partial charge < -0.3 is 0 Å². The van der Waals surface area contributed by atoms with E-state index >= 15 is 0 Å². The van der Waals surface area contributed by atoms with Gasteiger partial charge in [0, 0.05) is 0 Å². The summed E-state index contributed by atoms with van der Waals surface area (Å²) in [5.74, 6) is 1.03. The molecular formula is C14H22Si. The molecule has 0 amide bonds. The van der Waals surface area contributed by atoms with E-state index in [1.165, 1.54) is 31.7 Å². The summed E-state index contributed by atoms with van der Waals surface area (Å²) in [7, 11) is -1.14. The van der Waals surface area contributed by atoms with Crippen molar-refractivity contribution in [2.24, 2.45) is 5.92 Å². The van der Waals surface area contributed by atoms with Crippen molar-refractivity contribution in [1.29, 1.82) is 0 Å².